The van der Waals surface area contributed by atoms with E-state index in [1.54, 1.807) is 6.20 Å². The van der Waals surface area contributed by atoms with Gasteiger partial charge >= 0.3 is 0 Å². The molecule has 0 spiro atoms. The fraction of sp³-hybridized carbons (Fsp3) is 0. The fourth-order valence-corrected chi connectivity index (χ4v) is 17.3. The van der Waals surface area contributed by atoms with E-state index >= 15 is 13.7 Å². The van der Waals surface area contributed by atoms with Crippen LogP contribution in [0.5, 0.6) is 0 Å². The van der Waals surface area contributed by atoms with Gasteiger partial charge in [0.15, 0.2) is 21.4 Å². The SMILES string of the molecule is O=P(c1ccccc1)(c1ccccc1)c1ccc(-n2c3ccc(P(=O)(c4ccccc4)c4ccccc4)cc3c3cc(P(=O)(c4ccccc4)c4ccc5ccncc5c4)ccc32)cc1. The molecule has 2 heterocycles. The average molecular weight is 895 g/mol. The second kappa shape index (κ2) is 16.5. The Kier molecular flexibility index (Phi) is 10.3. The highest BCUT2D eigenvalue weighted by molar-refractivity contribution is 7.86. The predicted molar refractivity (Wildman–Crippen MR) is 274 cm³/mol. The van der Waals surface area contributed by atoms with Crippen LogP contribution in [0.1, 0.15) is 0 Å². The summed E-state index contributed by atoms with van der Waals surface area (Å²) in [6, 6.07) is 76.7. The lowest BCUT2D eigenvalue weighted by molar-refractivity contribution is 0.591. The van der Waals surface area contributed by atoms with Crippen molar-refractivity contribution in [3.05, 3.63) is 249 Å². The number of benzene rings is 9. The van der Waals surface area contributed by atoms with Crippen molar-refractivity contribution in [1.29, 1.82) is 0 Å². The van der Waals surface area contributed by atoms with Gasteiger partial charge in [0, 0.05) is 82.0 Å². The van der Waals surface area contributed by atoms with E-state index in [-0.39, 0.29) is 0 Å². The zero-order valence-corrected chi connectivity index (χ0v) is 37.8. The largest absolute Gasteiger partial charge is 0.309 e. The van der Waals surface area contributed by atoms with Crippen molar-refractivity contribution >= 4 is 102 Å². The molecule has 1 atom stereocenters. The van der Waals surface area contributed by atoms with Crippen molar-refractivity contribution in [1.82, 2.24) is 9.55 Å². The van der Waals surface area contributed by atoms with Crippen molar-refractivity contribution < 1.29 is 13.7 Å². The molecule has 8 heteroatoms. The van der Waals surface area contributed by atoms with Crippen molar-refractivity contribution in [2.24, 2.45) is 0 Å². The molecule has 312 valence electrons. The normalized spacial score (nSPS) is 12.9. The van der Waals surface area contributed by atoms with Gasteiger partial charge in [0.2, 0.25) is 0 Å². The quantitative estimate of drug-likeness (QED) is 0.128. The van der Waals surface area contributed by atoms with Crippen molar-refractivity contribution in [3.8, 4) is 5.69 Å². The molecular weight excluding hydrogens is 854 g/mol. The molecule has 0 radical (unpaired) electrons. The van der Waals surface area contributed by atoms with Gasteiger partial charge in [-0.05, 0) is 78.2 Å². The standard InChI is InChI=1S/C57H41N2O3P3/c60-63(45-16-6-1-7-17-45,46-18-8-2-9-19-46)50-30-27-44(28-31-50)59-56-34-32-52(64(61,47-20-10-3-11-21-47)48-22-12-4-13-23-48)39-54(56)55-40-53(33-35-57(55)59)65(62,49-24-14-5-15-25-49)51-29-26-42-36-37-58-41-43(42)38-51/h1-41H. The molecule has 0 bridgehead atoms. The van der Waals surface area contributed by atoms with E-state index in [9.17, 15) is 0 Å². The maximum absolute atomic E-state index is 16.2. The van der Waals surface area contributed by atoms with Gasteiger partial charge in [-0.1, -0.05) is 164 Å². The van der Waals surface area contributed by atoms with Gasteiger partial charge in [-0.25, -0.2) is 0 Å². The number of fused-ring (bicyclic) bond motifs is 4. The van der Waals surface area contributed by atoms with E-state index in [4.69, 9.17) is 0 Å². The minimum atomic E-state index is -3.47. The lowest BCUT2D eigenvalue weighted by Crippen LogP contribution is -2.25. The third-order valence-electron chi connectivity index (χ3n) is 12.5. The molecule has 2 aromatic heterocycles. The van der Waals surface area contributed by atoms with Gasteiger partial charge in [0.05, 0.1) is 11.0 Å². The Bertz CT molecular complexity index is 3590. The first kappa shape index (κ1) is 40.6. The summed E-state index contributed by atoms with van der Waals surface area (Å²) in [5.74, 6) is 0. The molecule has 0 saturated carbocycles. The molecule has 0 amide bonds. The Balaban J connectivity index is 1.16. The number of aromatic nitrogens is 2. The van der Waals surface area contributed by atoms with Crippen LogP contribution in [0, 0.1) is 0 Å². The van der Waals surface area contributed by atoms with Crippen LogP contribution in [0.25, 0.3) is 38.3 Å². The molecule has 0 N–H and O–H groups in total. The zero-order chi connectivity index (χ0) is 44.0. The highest BCUT2D eigenvalue weighted by Crippen LogP contribution is 2.47. The molecule has 0 aliphatic carbocycles. The summed E-state index contributed by atoms with van der Waals surface area (Å²) in [6.45, 7) is 0. The summed E-state index contributed by atoms with van der Waals surface area (Å²) in [5, 5.41) is 10.2. The molecular formula is C57H41N2O3P3. The number of hydrogen-bond acceptors (Lipinski definition) is 4. The Labute approximate surface area is 377 Å². The number of hydrogen-bond donors (Lipinski definition) is 0. The molecule has 11 rings (SSSR count). The molecule has 0 aliphatic rings. The topological polar surface area (TPSA) is 69.0 Å². The fourth-order valence-electron chi connectivity index (χ4n) is 9.28. The molecule has 5 nitrogen and oxygen atoms in total. The van der Waals surface area contributed by atoms with E-state index in [0.717, 1.165) is 70.1 Å². The van der Waals surface area contributed by atoms with E-state index in [1.807, 2.05) is 219 Å². The van der Waals surface area contributed by atoms with Crippen LogP contribution in [-0.2, 0) is 13.7 Å². The molecule has 0 aliphatic heterocycles. The van der Waals surface area contributed by atoms with Crippen molar-refractivity contribution in [2.45, 2.75) is 0 Å². The summed E-state index contributed by atoms with van der Waals surface area (Å²) < 4.78 is 49.6. The summed E-state index contributed by atoms with van der Waals surface area (Å²) in [7, 11) is -10.1. The van der Waals surface area contributed by atoms with Crippen LogP contribution in [0.4, 0.5) is 0 Å². The first-order chi connectivity index (χ1) is 31.9. The first-order valence-corrected chi connectivity index (χ1v) is 26.6. The third kappa shape index (κ3) is 6.79. The Morgan fingerprint density at radius 1 is 0.308 bits per heavy atom. The Hall–Kier alpha value is -7.12. The van der Waals surface area contributed by atoms with Gasteiger partial charge in [-0.3, -0.25) is 4.98 Å². The smallest absolute Gasteiger partial charge is 0.171 e. The van der Waals surface area contributed by atoms with Crippen LogP contribution >= 0.6 is 21.4 Å². The molecule has 9 aromatic carbocycles. The monoisotopic (exact) mass is 894 g/mol. The molecule has 0 saturated heterocycles. The second-order valence-corrected chi connectivity index (χ2v) is 24.5. The molecule has 1 unspecified atom stereocenters. The summed E-state index contributed by atoms with van der Waals surface area (Å²) >= 11 is 0. The first-order valence-electron chi connectivity index (χ1n) is 21.5. The minimum Gasteiger partial charge on any atom is -0.309 e. The number of rotatable bonds is 10. The summed E-state index contributed by atoms with van der Waals surface area (Å²) in [6.07, 6.45) is 3.58. The highest BCUT2D eigenvalue weighted by atomic mass is 31.2. The molecule has 11 aromatic rings. The van der Waals surface area contributed by atoms with Gasteiger partial charge in [-0.15, -0.1) is 0 Å². The van der Waals surface area contributed by atoms with Crippen LogP contribution in [-0.4, -0.2) is 9.55 Å². The summed E-state index contributed by atoms with van der Waals surface area (Å²) in [4.78, 5) is 4.38. The highest BCUT2D eigenvalue weighted by Gasteiger charge is 2.34. The predicted octanol–water partition coefficient (Wildman–Crippen LogP) is 10.3. The van der Waals surface area contributed by atoms with E-state index in [0.29, 0.717) is 15.9 Å². The van der Waals surface area contributed by atoms with Crippen LogP contribution in [0.2, 0.25) is 0 Å². The van der Waals surface area contributed by atoms with Crippen LogP contribution < -0.4 is 47.7 Å². The Morgan fingerprint density at radius 3 is 1.08 bits per heavy atom. The van der Waals surface area contributed by atoms with Crippen molar-refractivity contribution in [3.63, 3.8) is 0 Å². The van der Waals surface area contributed by atoms with Gasteiger partial charge in [-0.2, -0.15) is 0 Å². The van der Waals surface area contributed by atoms with E-state index < -0.39 is 21.4 Å². The van der Waals surface area contributed by atoms with E-state index in [2.05, 4.69) is 33.8 Å². The zero-order valence-electron chi connectivity index (χ0n) is 35.1. The summed E-state index contributed by atoms with van der Waals surface area (Å²) in [5.41, 5.74) is 2.64. The maximum atomic E-state index is 16.2. The van der Waals surface area contributed by atoms with Crippen molar-refractivity contribution in [2.75, 3.05) is 0 Å². The van der Waals surface area contributed by atoms with Gasteiger partial charge in [0.25, 0.3) is 0 Å². The molecule has 65 heavy (non-hydrogen) atoms. The van der Waals surface area contributed by atoms with Crippen LogP contribution in [0.15, 0.2) is 249 Å². The number of nitrogens with zero attached hydrogens (tertiary/aromatic N) is 2. The van der Waals surface area contributed by atoms with Gasteiger partial charge in [0.1, 0.15) is 0 Å². The van der Waals surface area contributed by atoms with E-state index in [1.165, 1.54) is 0 Å². The average Bonchev–Trinajstić information content (AvgIpc) is 3.72. The van der Waals surface area contributed by atoms with Gasteiger partial charge < -0.3 is 18.3 Å². The lowest BCUT2D eigenvalue weighted by Gasteiger charge is -2.21. The second-order valence-electron chi connectivity index (χ2n) is 16.2. The maximum Gasteiger partial charge on any atom is 0.171 e. The third-order valence-corrected chi connectivity index (χ3v) is 21.7. The molecule has 0 fully saturated rings. The number of pyridine rings is 1. The lowest BCUT2D eigenvalue weighted by atomic mass is 10.1. The Morgan fingerprint density at radius 2 is 0.646 bits per heavy atom. The minimum absolute atomic E-state index is 0.681. The van der Waals surface area contributed by atoms with Crippen LogP contribution in [0.3, 0.4) is 0 Å².